The summed E-state index contributed by atoms with van der Waals surface area (Å²) in [5.74, 6) is -0.531. The lowest BCUT2D eigenvalue weighted by atomic mass is 9.80. The Bertz CT molecular complexity index is 1130. The second kappa shape index (κ2) is 5.74. The molecule has 2 aliphatic rings. The lowest BCUT2D eigenvalue weighted by molar-refractivity contribution is 0.0986. The number of aromatic amines is 1. The van der Waals surface area contributed by atoms with Crippen LogP contribution in [0.2, 0.25) is 0 Å². The van der Waals surface area contributed by atoms with Crippen molar-refractivity contribution in [3.63, 3.8) is 0 Å². The van der Waals surface area contributed by atoms with Gasteiger partial charge in [0, 0.05) is 17.5 Å². The Labute approximate surface area is 154 Å². The lowest BCUT2D eigenvalue weighted by Gasteiger charge is -2.25. The van der Waals surface area contributed by atoms with Crippen LogP contribution in [0.15, 0.2) is 47.5 Å². The number of hydrogen-bond donors (Lipinski definition) is 1. The first-order chi connectivity index (χ1) is 13.1. The molecule has 3 aromatic rings. The van der Waals surface area contributed by atoms with E-state index in [0.29, 0.717) is 28.9 Å². The van der Waals surface area contributed by atoms with E-state index in [1.165, 1.54) is 12.4 Å². The molecule has 1 aliphatic heterocycles. The first kappa shape index (κ1) is 16.2. The fraction of sp³-hybridized carbons (Fsp3) is 0.286. The fourth-order valence-corrected chi connectivity index (χ4v) is 4.81. The molecular formula is C21H18FN3O2. The molecular weight excluding hydrogens is 345 g/mol. The predicted molar refractivity (Wildman–Crippen MR) is 101 cm³/mol. The van der Waals surface area contributed by atoms with E-state index in [0.717, 1.165) is 25.7 Å². The average molecular weight is 363 g/mol. The molecule has 6 heteroatoms. The number of carbonyl (C=O) groups excluding carboxylic acids is 1. The van der Waals surface area contributed by atoms with Crippen molar-refractivity contribution >= 4 is 22.5 Å². The maximum Gasteiger partial charge on any atom is 0.259 e. The lowest BCUT2D eigenvalue weighted by Crippen LogP contribution is -2.36. The molecule has 0 bridgehead atoms. The standard InChI is InChI=1S/C21H18FN3O2/c22-14-6-4-8-16-18(14)21(9-1-2-10-21)11-25(16)20(27)13-5-3-7-15-17(13)19(26)24-12-23-15/h3-8,12H,1-2,9-11H2,(H,23,24,26). The summed E-state index contributed by atoms with van der Waals surface area (Å²) in [6.45, 7) is 0.455. The second-order valence-corrected chi connectivity index (χ2v) is 7.44. The molecule has 1 fully saturated rings. The summed E-state index contributed by atoms with van der Waals surface area (Å²) in [6, 6.07) is 9.98. The molecule has 0 saturated heterocycles. The zero-order valence-electron chi connectivity index (χ0n) is 14.7. The van der Waals surface area contributed by atoms with Gasteiger partial charge < -0.3 is 9.88 Å². The SMILES string of the molecule is O=C(c1cccc2nc[nH]c(=O)c12)N1CC2(CCCC2)c2c(F)cccc21. The molecule has 1 N–H and O–H groups in total. The third-order valence-corrected chi connectivity index (χ3v) is 5.98. The van der Waals surface area contributed by atoms with Gasteiger partial charge in [0.25, 0.3) is 11.5 Å². The number of anilines is 1. The molecule has 136 valence electrons. The molecule has 1 saturated carbocycles. The van der Waals surface area contributed by atoms with Crippen molar-refractivity contribution in [2.75, 3.05) is 11.4 Å². The normalized spacial score (nSPS) is 17.6. The minimum Gasteiger partial charge on any atom is -0.313 e. The van der Waals surface area contributed by atoms with Crippen molar-refractivity contribution in [1.29, 1.82) is 0 Å². The number of carbonyl (C=O) groups is 1. The maximum atomic E-state index is 14.7. The molecule has 2 heterocycles. The Morgan fingerprint density at radius 3 is 2.74 bits per heavy atom. The third-order valence-electron chi connectivity index (χ3n) is 5.98. The van der Waals surface area contributed by atoms with E-state index in [1.54, 1.807) is 35.2 Å². The van der Waals surface area contributed by atoms with Gasteiger partial charge in [-0.05, 0) is 37.1 Å². The van der Waals surface area contributed by atoms with Gasteiger partial charge in [0.2, 0.25) is 0 Å². The number of amides is 1. The molecule has 0 atom stereocenters. The summed E-state index contributed by atoms with van der Waals surface area (Å²) in [5, 5.41) is 0.273. The summed E-state index contributed by atoms with van der Waals surface area (Å²) in [4.78, 5) is 34.1. The van der Waals surface area contributed by atoms with Crippen molar-refractivity contribution < 1.29 is 9.18 Å². The Kier molecular flexibility index (Phi) is 3.44. The van der Waals surface area contributed by atoms with Crippen LogP contribution in [0.3, 0.4) is 0 Å². The van der Waals surface area contributed by atoms with E-state index in [-0.39, 0.29) is 28.1 Å². The fourth-order valence-electron chi connectivity index (χ4n) is 4.81. The van der Waals surface area contributed by atoms with Crippen molar-refractivity contribution in [2.24, 2.45) is 0 Å². The molecule has 1 amide bonds. The highest BCUT2D eigenvalue weighted by molar-refractivity contribution is 6.14. The number of hydrogen-bond acceptors (Lipinski definition) is 3. The van der Waals surface area contributed by atoms with Crippen LogP contribution in [0.1, 0.15) is 41.6 Å². The molecule has 0 unspecified atom stereocenters. The number of rotatable bonds is 1. The predicted octanol–water partition coefficient (Wildman–Crippen LogP) is 3.53. The van der Waals surface area contributed by atoms with Gasteiger partial charge in [-0.25, -0.2) is 9.37 Å². The first-order valence-corrected chi connectivity index (χ1v) is 9.18. The van der Waals surface area contributed by atoms with E-state index in [4.69, 9.17) is 0 Å². The molecule has 1 aliphatic carbocycles. The minimum absolute atomic E-state index is 0.248. The molecule has 0 radical (unpaired) electrons. The zero-order valence-corrected chi connectivity index (χ0v) is 14.7. The number of H-pyrrole nitrogens is 1. The Morgan fingerprint density at radius 1 is 1.15 bits per heavy atom. The highest BCUT2D eigenvalue weighted by Gasteiger charge is 2.48. The number of benzene rings is 2. The van der Waals surface area contributed by atoms with Crippen LogP contribution in [0, 0.1) is 5.82 Å². The highest BCUT2D eigenvalue weighted by atomic mass is 19.1. The van der Waals surface area contributed by atoms with E-state index >= 15 is 0 Å². The highest BCUT2D eigenvalue weighted by Crippen LogP contribution is 2.51. The summed E-state index contributed by atoms with van der Waals surface area (Å²) < 4.78 is 14.7. The Balaban J connectivity index is 1.68. The number of nitrogens with zero attached hydrogens (tertiary/aromatic N) is 2. The van der Waals surface area contributed by atoms with Crippen molar-refractivity contribution in [3.05, 3.63) is 70.0 Å². The zero-order chi connectivity index (χ0) is 18.6. The summed E-state index contributed by atoms with van der Waals surface area (Å²) in [5.41, 5.74) is 1.39. The number of aromatic nitrogens is 2. The summed E-state index contributed by atoms with van der Waals surface area (Å²) >= 11 is 0. The molecule has 5 rings (SSSR count). The van der Waals surface area contributed by atoms with E-state index < -0.39 is 0 Å². The van der Waals surface area contributed by atoms with Crippen LogP contribution < -0.4 is 10.5 Å². The van der Waals surface area contributed by atoms with Crippen LogP contribution in [-0.4, -0.2) is 22.4 Å². The molecule has 27 heavy (non-hydrogen) atoms. The topological polar surface area (TPSA) is 66.1 Å². The molecule has 5 nitrogen and oxygen atoms in total. The second-order valence-electron chi connectivity index (χ2n) is 7.44. The molecule has 1 aromatic heterocycles. The first-order valence-electron chi connectivity index (χ1n) is 9.18. The number of halogens is 1. The third kappa shape index (κ3) is 2.25. The van der Waals surface area contributed by atoms with Gasteiger partial charge >= 0.3 is 0 Å². The largest absolute Gasteiger partial charge is 0.313 e. The van der Waals surface area contributed by atoms with E-state index in [1.807, 2.05) is 0 Å². The smallest absolute Gasteiger partial charge is 0.259 e. The quantitative estimate of drug-likeness (QED) is 0.719. The van der Waals surface area contributed by atoms with Gasteiger partial charge in [-0.15, -0.1) is 0 Å². The van der Waals surface area contributed by atoms with Crippen LogP contribution >= 0.6 is 0 Å². The van der Waals surface area contributed by atoms with E-state index in [9.17, 15) is 14.0 Å². The number of nitrogens with one attached hydrogen (secondary N) is 1. The molecule has 2 aromatic carbocycles. The van der Waals surface area contributed by atoms with Crippen LogP contribution in [0.4, 0.5) is 10.1 Å². The Morgan fingerprint density at radius 2 is 1.93 bits per heavy atom. The van der Waals surface area contributed by atoms with Crippen LogP contribution in [0.5, 0.6) is 0 Å². The average Bonchev–Trinajstić information content (AvgIpc) is 3.27. The number of fused-ring (bicyclic) bond motifs is 3. The monoisotopic (exact) mass is 363 g/mol. The van der Waals surface area contributed by atoms with Gasteiger partial charge in [0.05, 0.1) is 28.5 Å². The van der Waals surface area contributed by atoms with E-state index in [2.05, 4.69) is 9.97 Å². The van der Waals surface area contributed by atoms with Gasteiger partial charge in [0.15, 0.2) is 0 Å². The van der Waals surface area contributed by atoms with Crippen LogP contribution in [-0.2, 0) is 5.41 Å². The van der Waals surface area contributed by atoms with Gasteiger partial charge in [0.1, 0.15) is 5.82 Å². The van der Waals surface area contributed by atoms with Gasteiger partial charge in [-0.2, -0.15) is 0 Å². The van der Waals surface area contributed by atoms with Crippen molar-refractivity contribution in [2.45, 2.75) is 31.1 Å². The minimum atomic E-state index is -0.349. The summed E-state index contributed by atoms with van der Waals surface area (Å²) in [6.07, 6.45) is 5.15. The van der Waals surface area contributed by atoms with Crippen LogP contribution in [0.25, 0.3) is 10.9 Å². The van der Waals surface area contributed by atoms with Crippen molar-refractivity contribution in [1.82, 2.24) is 9.97 Å². The maximum absolute atomic E-state index is 14.7. The summed E-state index contributed by atoms with van der Waals surface area (Å²) in [7, 11) is 0. The van der Waals surface area contributed by atoms with Gasteiger partial charge in [-0.3, -0.25) is 9.59 Å². The Hall–Kier alpha value is -3.02. The van der Waals surface area contributed by atoms with Gasteiger partial charge in [-0.1, -0.05) is 25.0 Å². The van der Waals surface area contributed by atoms with Crippen molar-refractivity contribution in [3.8, 4) is 0 Å². The molecule has 1 spiro atoms.